The maximum atomic E-state index is 13.6. The number of carbonyl (C=O) groups excluding carboxylic acids is 4. The Hall–Kier alpha value is -3.30. The molecular formula is C24H21Cl2N3O6. The van der Waals surface area contributed by atoms with E-state index in [1.165, 1.54) is 36.4 Å². The molecule has 0 unspecified atom stereocenters. The first kappa shape index (κ1) is 24.8. The predicted molar refractivity (Wildman–Crippen MR) is 127 cm³/mol. The van der Waals surface area contributed by atoms with Crippen molar-refractivity contribution in [1.82, 2.24) is 10.0 Å². The van der Waals surface area contributed by atoms with Gasteiger partial charge < -0.3 is 0 Å². The minimum Gasteiger partial charge on any atom is -0.292 e. The van der Waals surface area contributed by atoms with Gasteiger partial charge in [-0.3, -0.25) is 29.3 Å². The maximum absolute atomic E-state index is 13.6. The van der Waals surface area contributed by atoms with Gasteiger partial charge in [0, 0.05) is 22.7 Å². The summed E-state index contributed by atoms with van der Waals surface area (Å²) < 4.78 is 0. The van der Waals surface area contributed by atoms with Crippen molar-refractivity contribution in [2.24, 2.45) is 17.8 Å². The van der Waals surface area contributed by atoms with Crippen LogP contribution in [0, 0.1) is 27.9 Å². The van der Waals surface area contributed by atoms with Gasteiger partial charge in [0.25, 0.3) is 23.4 Å². The largest absolute Gasteiger partial charge is 0.292 e. The van der Waals surface area contributed by atoms with E-state index in [1.54, 1.807) is 0 Å². The average Bonchev–Trinajstić information content (AvgIpc) is 3.06. The van der Waals surface area contributed by atoms with Crippen molar-refractivity contribution < 1.29 is 24.1 Å². The number of nitrogens with zero attached hydrogens (tertiary/aromatic N) is 3. The number of non-ortho nitro benzene ring substituents is 1. The van der Waals surface area contributed by atoms with Crippen LogP contribution in [0.1, 0.15) is 46.9 Å². The van der Waals surface area contributed by atoms with Crippen LogP contribution in [0.15, 0.2) is 42.5 Å². The number of hydrogen-bond donors (Lipinski definition) is 0. The van der Waals surface area contributed by atoms with Crippen molar-refractivity contribution in [2.75, 3.05) is 6.54 Å². The molecule has 0 bridgehead atoms. The number of nitro groups is 1. The molecule has 11 heteroatoms. The molecule has 3 atom stereocenters. The van der Waals surface area contributed by atoms with Gasteiger partial charge >= 0.3 is 0 Å². The Morgan fingerprint density at radius 1 is 1.09 bits per heavy atom. The zero-order valence-electron chi connectivity index (χ0n) is 18.6. The second-order valence-electron chi connectivity index (χ2n) is 8.84. The second-order valence-corrected chi connectivity index (χ2v) is 9.68. The molecule has 1 aliphatic heterocycles. The number of halogens is 2. The maximum Gasteiger partial charge on any atom is 0.274 e. The Kier molecular flexibility index (Phi) is 6.91. The normalized spacial score (nSPS) is 21.6. The number of amides is 3. The Morgan fingerprint density at radius 2 is 1.80 bits per heavy atom. The lowest BCUT2D eigenvalue weighted by atomic mass is 9.76. The van der Waals surface area contributed by atoms with Crippen molar-refractivity contribution in [3.63, 3.8) is 0 Å². The fraction of sp³-hybridized carbons (Fsp3) is 0.333. The van der Waals surface area contributed by atoms with Crippen molar-refractivity contribution in [3.05, 3.63) is 73.8 Å². The quantitative estimate of drug-likeness (QED) is 0.240. The molecule has 0 N–H and O–H groups in total. The molecule has 9 nitrogen and oxygen atoms in total. The fourth-order valence-corrected chi connectivity index (χ4v) is 5.15. The van der Waals surface area contributed by atoms with Gasteiger partial charge in [-0.05, 0) is 43.4 Å². The highest BCUT2D eigenvalue weighted by Gasteiger charge is 2.53. The Morgan fingerprint density at radius 3 is 2.49 bits per heavy atom. The molecule has 2 aromatic carbocycles. The van der Waals surface area contributed by atoms with Gasteiger partial charge in [-0.25, -0.2) is 5.01 Å². The summed E-state index contributed by atoms with van der Waals surface area (Å²) in [5.41, 5.74) is -0.390. The lowest BCUT2D eigenvalue weighted by Crippen LogP contribution is -2.52. The van der Waals surface area contributed by atoms with E-state index in [-0.39, 0.29) is 32.8 Å². The van der Waals surface area contributed by atoms with E-state index in [0.29, 0.717) is 12.8 Å². The highest BCUT2D eigenvalue weighted by molar-refractivity contribution is 6.36. The Balaban J connectivity index is 1.72. The number of imide groups is 1. The Bertz CT molecular complexity index is 1250. The van der Waals surface area contributed by atoms with Crippen LogP contribution in [0.3, 0.4) is 0 Å². The van der Waals surface area contributed by atoms with Gasteiger partial charge in [0.15, 0.2) is 5.78 Å². The minimum absolute atomic E-state index is 0.0135. The van der Waals surface area contributed by atoms with Crippen LogP contribution in [-0.4, -0.2) is 45.0 Å². The number of rotatable bonds is 6. The zero-order valence-corrected chi connectivity index (χ0v) is 20.2. The molecule has 182 valence electrons. The molecule has 0 aromatic heterocycles. The van der Waals surface area contributed by atoms with E-state index in [0.717, 1.165) is 22.5 Å². The summed E-state index contributed by atoms with van der Waals surface area (Å²) in [6, 6.07) is 9.13. The number of benzene rings is 2. The fourth-order valence-electron chi connectivity index (χ4n) is 4.67. The summed E-state index contributed by atoms with van der Waals surface area (Å²) in [5.74, 6) is -3.50. The third kappa shape index (κ3) is 4.78. The van der Waals surface area contributed by atoms with Gasteiger partial charge in [0.2, 0.25) is 0 Å². The molecule has 0 radical (unpaired) electrons. The standard InChI is InChI=1S/C24H21Cl2N3O6/c1-13-5-7-17-19(9-13)24(33)28(23(17)32)27(22(31)18-8-6-15(25)11-20(18)26)12-21(30)14-3-2-4-16(10-14)29(34)35/h2-4,6,8,10-11,13,17,19H,5,7,9,12H2,1H3/t13-,17-,19-/m1/s1. The SMILES string of the molecule is C[C@@H]1CC[C@H]2C(=O)N(N(CC(=O)c3cccc([N+](=O)[O-])c3)C(=O)c3ccc(Cl)cc3Cl)C(=O)[C@@H]2C1. The average molecular weight is 518 g/mol. The van der Waals surface area contributed by atoms with E-state index in [4.69, 9.17) is 23.2 Å². The molecule has 1 saturated carbocycles. The molecule has 0 spiro atoms. The van der Waals surface area contributed by atoms with Crippen LogP contribution in [0.5, 0.6) is 0 Å². The summed E-state index contributed by atoms with van der Waals surface area (Å²) in [5, 5.41) is 12.9. The van der Waals surface area contributed by atoms with Crippen LogP contribution in [-0.2, 0) is 9.59 Å². The number of hydrogen-bond acceptors (Lipinski definition) is 6. The third-order valence-corrected chi connectivity index (χ3v) is 7.02. The highest BCUT2D eigenvalue weighted by Crippen LogP contribution is 2.41. The molecule has 2 aliphatic rings. The lowest BCUT2D eigenvalue weighted by molar-refractivity contribution is -0.384. The number of fused-ring (bicyclic) bond motifs is 1. The van der Waals surface area contributed by atoms with E-state index < -0.39 is 46.8 Å². The Labute approximate surface area is 210 Å². The van der Waals surface area contributed by atoms with Gasteiger partial charge in [-0.1, -0.05) is 42.3 Å². The molecule has 1 aliphatic carbocycles. The molecule has 2 fully saturated rings. The van der Waals surface area contributed by atoms with Crippen LogP contribution in [0.2, 0.25) is 10.0 Å². The number of carbonyl (C=O) groups is 4. The van der Waals surface area contributed by atoms with Crippen LogP contribution in [0.25, 0.3) is 0 Å². The molecule has 3 amide bonds. The summed E-state index contributed by atoms with van der Waals surface area (Å²) in [7, 11) is 0. The summed E-state index contributed by atoms with van der Waals surface area (Å²) in [6.07, 6.45) is 1.79. The number of ketones is 1. The molecule has 35 heavy (non-hydrogen) atoms. The van der Waals surface area contributed by atoms with Gasteiger partial charge in [-0.15, -0.1) is 0 Å². The first-order valence-corrected chi connectivity index (χ1v) is 11.8. The van der Waals surface area contributed by atoms with Gasteiger partial charge in [0.05, 0.1) is 27.3 Å². The topological polar surface area (TPSA) is 118 Å². The number of hydrazine groups is 1. The van der Waals surface area contributed by atoms with Crippen molar-refractivity contribution in [2.45, 2.75) is 26.2 Å². The van der Waals surface area contributed by atoms with E-state index in [1.807, 2.05) is 6.92 Å². The smallest absolute Gasteiger partial charge is 0.274 e. The van der Waals surface area contributed by atoms with Crippen LogP contribution in [0.4, 0.5) is 5.69 Å². The predicted octanol–water partition coefficient (Wildman–Crippen LogP) is 4.56. The first-order chi connectivity index (χ1) is 16.6. The summed E-state index contributed by atoms with van der Waals surface area (Å²) in [4.78, 5) is 63.8. The van der Waals surface area contributed by atoms with E-state index >= 15 is 0 Å². The molecule has 1 heterocycles. The molecular weight excluding hydrogens is 497 g/mol. The lowest BCUT2D eigenvalue weighted by Gasteiger charge is -2.30. The summed E-state index contributed by atoms with van der Waals surface area (Å²) >= 11 is 12.2. The molecule has 1 saturated heterocycles. The van der Waals surface area contributed by atoms with E-state index in [2.05, 4.69) is 0 Å². The molecule has 4 rings (SSSR count). The highest BCUT2D eigenvalue weighted by atomic mass is 35.5. The van der Waals surface area contributed by atoms with Crippen molar-refractivity contribution >= 4 is 52.4 Å². The zero-order chi connectivity index (χ0) is 25.4. The first-order valence-electron chi connectivity index (χ1n) is 11.0. The third-order valence-electron chi connectivity index (χ3n) is 6.47. The second kappa shape index (κ2) is 9.75. The van der Waals surface area contributed by atoms with Crippen molar-refractivity contribution in [3.8, 4) is 0 Å². The number of nitro benzene ring substituents is 1. The molecule has 2 aromatic rings. The van der Waals surface area contributed by atoms with Crippen molar-refractivity contribution in [1.29, 1.82) is 0 Å². The number of Topliss-reactive ketones (excluding diaryl/α,β-unsaturated/α-hetero) is 1. The van der Waals surface area contributed by atoms with Gasteiger partial charge in [0.1, 0.15) is 6.54 Å². The monoisotopic (exact) mass is 517 g/mol. The van der Waals surface area contributed by atoms with Gasteiger partial charge in [-0.2, -0.15) is 5.01 Å². The van der Waals surface area contributed by atoms with E-state index in [9.17, 15) is 29.3 Å². The minimum atomic E-state index is -0.834. The van der Waals surface area contributed by atoms with Crippen LogP contribution < -0.4 is 0 Å². The summed E-state index contributed by atoms with van der Waals surface area (Å²) in [6.45, 7) is 1.31. The van der Waals surface area contributed by atoms with Crippen LogP contribution >= 0.6 is 23.2 Å².